The fraction of sp³-hybridized carbons (Fsp3) is 0.333. The average molecular weight is 219 g/mol. The number of benzene rings is 1. The van der Waals surface area contributed by atoms with E-state index in [1.165, 1.54) is 4.90 Å². The maximum Gasteiger partial charge on any atom is 0.265 e. The number of hydrogen-bond acceptors (Lipinski definition) is 2. The lowest BCUT2D eigenvalue weighted by Gasteiger charge is -2.28. The molecule has 0 radical (unpaired) electrons. The van der Waals surface area contributed by atoms with Crippen molar-refractivity contribution in [3.63, 3.8) is 0 Å². The van der Waals surface area contributed by atoms with Crippen molar-refractivity contribution in [2.75, 3.05) is 27.8 Å². The van der Waals surface area contributed by atoms with Gasteiger partial charge in [0.2, 0.25) is 0 Å². The van der Waals surface area contributed by atoms with E-state index in [1.807, 2.05) is 21.1 Å². The second-order valence-corrected chi connectivity index (χ2v) is 5.02. The Kier molecular flexibility index (Phi) is 2.31. The molecule has 1 aliphatic heterocycles. The largest absolute Gasteiger partial charge is 0.313 e. The molecule has 4 heteroatoms. The van der Waals surface area contributed by atoms with E-state index >= 15 is 0 Å². The Hall–Kier alpha value is -1.68. The zero-order valence-electron chi connectivity index (χ0n) is 9.73. The SMILES string of the molecule is C[N+](C)(C)CN1C(=O)c2ccccc2C1=O. The molecule has 0 bridgehead atoms. The van der Waals surface area contributed by atoms with Crippen molar-refractivity contribution in [3.05, 3.63) is 35.4 Å². The first-order valence-electron chi connectivity index (χ1n) is 5.16. The van der Waals surface area contributed by atoms with E-state index in [4.69, 9.17) is 0 Å². The third-order valence-corrected chi connectivity index (χ3v) is 2.44. The molecule has 1 heterocycles. The minimum atomic E-state index is -0.186. The summed E-state index contributed by atoms with van der Waals surface area (Å²) in [5.41, 5.74) is 1.03. The number of amides is 2. The lowest BCUT2D eigenvalue weighted by Crippen LogP contribution is -2.47. The number of fused-ring (bicyclic) bond motifs is 1. The van der Waals surface area contributed by atoms with Crippen molar-refractivity contribution in [3.8, 4) is 0 Å². The Morgan fingerprint density at radius 1 is 1.00 bits per heavy atom. The monoisotopic (exact) mass is 219 g/mol. The Bertz CT molecular complexity index is 425. The van der Waals surface area contributed by atoms with E-state index in [0.717, 1.165) is 0 Å². The highest BCUT2D eigenvalue weighted by Gasteiger charge is 2.37. The van der Waals surface area contributed by atoms with Gasteiger partial charge in [-0.2, -0.15) is 0 Å². The summed E-state index contributed by atoms with van der Waals surface area (Å²) in [5, 5.41) is 0. The minimum Gasteiger partial charge on any atom is -0.313 e. The lowest BCUT2D eigenvalue weighted by atomic mass is 10.1. The highest BCUT2D eigenvalue weighted by Crippen LogP contribution is 2.22. The molecule has 2 amide bonds. The van der Waals surface area contributed by atoms with Gasteiger partial charge in [0.25, 0.3) is 11.8 Å². The van der Waals surface area contributed by atoms with Crippen LogP contribution in [0.15, 0.2) is 24.3 Å². The van der Waals surface area contributed by atoms with Crippen molar-refractivity contribution < 1.29 is 14.1 Å². The van der Waals surface area contributed by atoms with Gasteiger partial charge in [-0.1, -0.05) is 12.1 Å². The molecule has 0 spiro atoms. The van der Waals surface area contributed by atoms with Gasteiger partial charge >= 0.3 is 0 Å². The summed E-state index contributed by atoms with van der Waals surface area (Å²) >= 11 is 0. The third kappa shape index (κ3) is 1.72. The normalized spacial score (nSPS) is 15.6. The molecule has 4 nitrogen and oxygen atoms in total. The van der Waals surface area contributed by atoms with Gasteiger partial charge in [0.15, 0.2) is 6.67 Å². The summed E-state index contributed by atoms with van der Waals surface area (Å²) < 4.78 is 0.547. The molecule has 0 saturated heterocycles. The molecule has 0 aliphatic carbocycles. The predicted octanol–water partition coefficient (Wildman–Crippen LogP) is 0.946. The van der Waals surface area contributed by atoms with Gasteiger partial charge in [0.05, 0.1) is 32.3 Å². The Morgan fingerprint density at radius 2 is 1.44 bits per heavy atom. The van der Waals surface area contributed by atoms with Crippen molar-refractivity contribution in [2.24, 2.45) is 0 Å². The first-order valence-corrected chi connectivity index (χ1v) is 5.16. The summed E-state index contributed by atoms with van der Waals surface area (Å²) in [6, 6.07) is 6.95. The predicted molar refractivity (Wildman–Crippen MR) is 59.8 cm³/mol. The standard InChI is InChI=1S/C12H15N2O2/c1-14(2,3)8-13-11(15)9-6-4-5-7-10(9)12(13)16/h4-7H,8H2,1-3H3/q+1. The van der Waals surface area contributed by atoms with E-state index in [0.29, 0.717) is 22.3 Å². The van der Waals surface area contributed by atoms with E-state index in [2.05, 4.69) is 0 Å². The summed E-state index contributed by atoms with van der Waals surface area (Å²) in [5.74, 6) is -0.373. The Morgan fingerprint density at radius 3 is 1.81 bits per heavy atom. The molecular weight excluding hydrogens is 204 g/mol. The van der Waals surface area contributed by atoms with Gasteiger partial charge in [-0.15, -0.1) is 0 Å². The molecule has 2 rings (SSSR count). The Balaban J connectivity index is 2.36. The van der Waals surface area contributed by atoms with Crippen molar-refractivity contribution in [1.29, 1.82) is 0 Å². The van der Waals surface area contributed by atoms with Crippen LogP contribution in [0.4, 0.5) is 0 Å². The van der Waals surface area contributed by atoms with E-state index in [-0.39, 0.29) is 11.8 Å². The van der Waals surface area contributed by atoms with Crippen molar-refractivity contribution in [1.82, 2.24) is 4.90 Å². The van der Waals surface area contributed by atoms with Crippen LogP contribution in [0.25, 0.3) is 0 Å². The van der Waals surface area contributed by atoms with Crippen LogP contribution < -0.4 is 0 Å². The lowest BCUT2D eigenvalue weighted by molar-refractivity contribution is -0.877. The molecule has 16 heavy (non-hydrogen) atoms. The number of hydrogen-bond donors (Lipinski definition) is 0. The average Bonchev–Trinajstić information content (AvgIpc) is 2.43. The third-order valence-electron chi connectivity index (χ3n) is 2.44. The molecule has 0 unspecified atom stereocenters. The van der Waals surface area contributed by atoms with Gasteiger partial charge in [0.1, 0.15) is 0 Å². The molecule has 0 aromatic heterocycles. The van der Waals surface area contributed by atoms with Gasteiger partial charge in [-0.25, -0.2) is 4.90 Å². The number of rotatable bonds is 2. The molecule has 84 valence electrons. The number of carbonyl (C=O) groups excluding carboxylic acids is 2. The first kappa shape index (κ1) is 10.8. The highest BCUT2D eigenvalue weighted by atomic mass is 16.2. The number of quaternary nitrogens is 1. The maximum absolute atomic E-state index is 12.0. The second kappa shape index (κ2) is 3.42. The summed E-state index contributed by atoms with van der Waals surface area (Å²) in [6.45, 7) is 0.395. The van der Waals surface area contributed by atoms with Gasteiger partial charge < -0.3 is 4.48 Å². The fourth-order valence-electron chi connectivity index (χ4n) is 1.79. The zero-order chi connectivity index (χ0) is 11.9. The molecule has 0 fully saturated rings. The molecule has 1 aromatic carbocycles. The number of imide groups is 1. The minimum absolute atomic E-state index is 0.186. The van der Waals surface area contributed by atoms with Crippen LogP contribution in [-0.2, 0) is 0 Å². The van der Waals surface area contributed by atoms with E-state index in [9.17, 15) is 9.59 Å². The zero-order valence-corrected chi connectivity index (χ0v) is 9.73. The van der Waals surface area contributed by atoms with E-state index < -0.39 is 0 Å². The quantitative estimate of drug-likeness (QED) is 0.548. The van der Waals surface area contributed by atoms with Gasteiger partial charge in [-0.05, 0) is 12.1 Å². The van der Waals surface area contributed by atoms with Gasteiger partial charge in [-0.3, -0.25) is 9.59 Å². The second-order valence-electron chi connectivity index (χ2n) is 5.02. The number of nitrogens with zero attached hydrogens (tertiary/aromatic N) is 2. The van der Waals surface area contributed by atoms with Crippen molar-refractivity contribution in [2.45, 2.75) is 0 Å². The Labute approximate surface area is 94.7 Å². The van der Waals surface area contributed by atoms with Crippen LogP contribution in [-0.4, -0.2) is 49.0 Å². The summed E-state index contributed by atoms with van der Waals surface area (Å²) in [7, 11) is 5.84. The first-order chi connectivity index (χ1) is 7.40. The highest BCUT2D eigenvalue weighted by molar-refractivity contribution is 6.21. The smallest absolute Gasteiger partial charge is 0.265 e. The van der Waals surface area contributed by atoms with Crippen LogP contribution >= 0.6 is 0 Å². The van der Waals surface area contributed by atoms with E-state index in [1.54, 1.807) is 24.3 Å². The molecular formula is C12H15N2O2+. The fourth-order valence-corrected chi connectivity index (χ4v) is 1.79. The molecule has 0 N–H and O–H groups in total. The maximum atomic E-state index is 12.0. The topological polar surface area (TPSA) is 37.4 Å². The van der Waals surface area contributed by atoms with Gasteiger partial charge in [0, 0.05) is 0 Å². The molecule has 0 atom stereocenters. The summed E-state index contributed by atoms with van der Waals surface area (Å²) in [4.78, 5) is 25.3. The van der Waals surface area contributed by atoms with Crippen LogP contribution in [0.3, 0.4) is 0 Å². The van der Waals surface area contributed by atoms with Crippen LogP contribution in [0.5, 0.6) is 0 Å². The van der Waals surface area contributed by atoms with Crippen LogP contribution in [0.2, 0.25) is 0 Å². The number of carbonyl (C=O) groups is 2. The van der Waals surface area contributed by atoms with Crippen LogP contribution in [0, 0.1) is 0 Å². The molecule has 1 aliphatic rings. The molecule has 0 saturated carbocycles. The molecule has 1 aromatic rings. The summed E-state index contributed by atoms with van der Waals surface area (Å²) in [6.07, 6.45) is 0. The van der Waals surface area contributed by atoms with Crippen molar-refractivity contribution >= 4 is 11.8 Å². The van der Waals surface area contributed by atoms with Crippen LogP contribution in [0.1, 0.15) is 20.7 Å².